The van der Waals surface area contributed by atoms with E-state index in [1.54, 1.807) is 0 Å². The number of fused-ring (bicyclic) bond motifs is 1. The molecule has 0 aromatic heterocycles. The lowest BCUT2D eigenvalue weighted by atomic mass is 9.91. The van der Waals surface area contributed by atoms with Crippen molar-refractivity contribution in [3.8, 4) is 11.5 Å². The molecule has 19 heavy (non-hydrogen) atoms. The highest BCUT2D eigenvalue weighted by molar-refractivity contribution is 5.44. The smallest absolute Gasteiger partial charge is 0.161 e. The Morgan fingerprint density at radius 2 is 1.74 bits per heavy atom. The molecule has 3 heteroatoms. The van der Waals surface area contributed by atoms with Crippen molar-refractivity contribution in [1.29, 1.82) is 0 Å². The first-order valence-electron chi connectivity index (χ1n) is 7.40. The van der Waals surface area contributed by atoms with Gasteiger partial charge in [0.2, 0.25) is 0 Å². The summed E-state index contributed by atoms with van der Waals surface area (Å²) in [5, 5.41) is 9.95. The molecule has 1 aromatic carbocycles. The zero-order valence-corrected chi connectivity index (χ0v) is 11.3. The summed E-state index contributed by atoms with van der Waals surface area (Å²) in [4.78, 5) is 0. The van der Waals surface area contributed by atoms with E-state index in [0.717, 1.165) is 56.8 Å². The molecule has 1 N–H and O–H groups in total. The van der Waals surface area contributed by atoms with Gasteiger partial charge in [0.25, 0.3) is 0 Å². The minimum atomic E-state index is -0.150. The summed E-state index contributed by atoms with van der Waals surface area (Å²) < 4.78 is 11.4. The van der Waals surface area contributed by atoms with E-state index in [2.05, 4.69) is 12.1 Å². The van der Waals surface area contributed by atoms with E-state index >= 15 is 0 Å². The molecule has 104 valence electrons. The van der Waals surface area contributed by atoms with Gasteiger partial charge in [-0.15, -0.1) is 0 Å². The Morgan fingerprint density at radius 1 is 0.947 bits per heavy atom. The van der Waals surface area contributed by atoms with E-state index in [9.17, 15) is 5.11 Å². The van der Waals surface area contributed by atoms with Gasteiger partial charge in [-0.1, -0.05) is 18.9 Å². The van der Waals surface area contributed by atoms with Crippen molar-refractivity contribution < 1.29 is 14.6 Å². The molecule has 1 aliphatic carbocycles. The maximum atomic E-state index is 9.95. The molecule has 1 heterocycles. The van der Waals surface area contributed by atoms with E-state index < -0.39 is 0 Å². The van der Waals surface area contributed by atoms with E-state index in [-0.39, 0.29) is 6.10 Å². The van der Waals surface area contributed by atoms with Crippen molar-refractivity contribution in [3.05, 3.63) is 23.8 Å². The molecule has 1 saturated carbocycles. The molecule has 0 saturated heterocycles. The number of rotatable bonds is 1. The van der Waals surface area contributed by atoms with Gasteiger partial charge in [0.1, 0.15) is 0 Å². The molecule has 3 nitrogen and oxygen atoms in total. The van der Waals surface area contributed by atoms with Crippen molar-refractivity contribution in [1.82, 2.24) is 0 Å². The zero-order chi connectivity index (χ0) is 13.1. The van der Waals surface area contributed by atoms with Gasteiger partial charge in [-0.25, -0.2) is 0 Å². The second-order valence-electron chi connectivity index (χ2n) is 5.63. The van der Waals surface area contributed by atoms with Crippen molar-refractivity contribution >= 4 is 0 Å². The van der Waals surface area contributed by atoms with Crippen LogP contribution in [-0.4, -0.2) is 24.4 Å². The Labute approximate surface area is 114 Å². The molecule has 2 atom stereocenters. The van der Waals surface area contributed by atoms with Crippen molar-refractivity contribution in [2.45, 2.75) is 50.5 Å². The summed E-state index contributed by atoms with van der Waals surface area (Å²) in [6, 6.07) is 6.27. The molecule has 2 unspecified atom stereocenters. The lowest BCUT2D eigenvalue weighted by molar-refractivity contribution is 0.152. The van der Waals surface area contributed by atoms with Crippen LogP contribution in [0.2, 0.25) is 0 Å². The largest absolute Gasteiger partial charge is 0.490 e. The van der Waals surface area contributed by atoms with Crippen LogP contribution < -0.4 is 9.47 Å². The Bertz CT molecular complexity index is 430. The van der Waals surface area contributed by atoms with Gasteiger partial charge in [-0.2, -0.15) is 0 Å². The summed E-state index contributed by atoms with van der Waals surface area (Å²) in [6.07, 6.45) is 6.12. The van der Waals surface area contributed by atoms with Gasteiger partial charge in [0.15, 0.2) is 11.5 Å². The number of hydrogen-bond donors (Lipinski definition) is 1. The Kier molecular flexibility index (Phi) is 3.92. The molecule has 1 fully saturated rings. The number of aliphatic hydroxyl groups is 1. The third kappa shape index (κ3) is 3.03. The zero-order valence-electron chi connectivity index (χ0n) is 11.3. The number of benzene rings is 1. The first kappa shape index (κ1) is 12.8. The second-order valence-corrected chi connectivity index (χ2v) is 5.63. The molecule has 1 aromatic rings. The Balaban J connectivity index is 1.82. The molecule has 0 radical (unpaired) electrons. The predicted molar refractivity (Wildman–Crippen MR) is 73.9 cm³/mol. The standard InChI is InChI=1S/C16H22O3/c17-14-5-2-1-4-12(10-14)13-6-7-15-16(11-13)19-9-3-8-18-15/h6-7,11-12,14,17H,1-5,8-10H2. The number of hydrogen-bond acceptors (Lipinski definition) is 3. The van der Waals surface area contributed by atoms with Crippen LogP contribution in [0, 0.1) is 0 Å². The van der Waals surface area contributed by atoms with Gasteiger partial charge < -0.3 is 14.6 Å². The van der Waals surface area contributed by atoms with Crippen molar-refractivity contribution in [2.24, 2.45) is 0 Å². The molecule has 0 spiro atoms. The molecular weight excluding hydrogens is 240 g/mol. The van der Waals surface area contributed by atoms with Crippen molar-refractivity contribution in [2.75, 3.05) is 13.2 Å². The van der Waals surface area contributed by atoms with Gasteiger partial charge in [0.05, 0.1) is 19.3 Å². The quantitative estimate of drug-likeness (QED) is 0.790. The van der Waals surface area contributed by atoms with Gasteiger partial charge in [-0.05, 0) is 42.9 Å². The molecule has 3 rings (SSSR count). The van der Waals surface area contributed by atoms with Crippen LogP contribution in [0.25, 0.3) is 0 Å². The highest BCUT2D eigenvalue weighted by atomic mass is 16.5. The normalized spacial score (nSPS) is 27.4. The minimum Gasteiger partial charge on any atom is -0.490 e. The summed E-state index contributed by atoms with van der Waals surface area (Å²) in [6.45, 7) is 1.46. The maximum Gasteiger partial charge on any atom is 0.161 e. The van der Waals surface area contributed by atoms with Crippen LogP contribution >= 0.6 is 0 Å². The second kappa shape index (κ2) is 5.83. The summed E-state index contributed by atoms with van der Waals surface area (Å²) in [5.41, 5.74) is 1.28. The first-order valence-corrected chi connectivity index (χ1v) is 7.40. The van der Waals surface area contributed by atoms with Gasteiger partial charge in [-0.3, -0.25) is 0 Å². The number of ether oxygens (including phenoxy) is 2. The topological polar surface area (TPSA) is 38.7 Å². The third-order valence-electron chi connectivity index (χ3n) is 4.14. The molecular formula is C16H22O3. The highest BCUT2D eigenvalue weighted by Crippen LogP contribution is 2.37. The summed E-state index contributed by atoms with van der Waals surface area (Å²) >= 11 is 0. The Morgan fingerprint density at radius 3 is 2.63 bits per heavy atom. The minimum absolute atomic E-state index is 0.150. The van der Waals surface area contributed by atoms with Gasteiger partial charge in [0, 0.05) is 6.42 Å². The van der Waals surface area contributed by atoms with Crippen LogP contribution in [0.4, 0.5) is 0 Å². The molecule has 2 aliphatic rings. The SMILES string of the molecule is OC1CCCCC(c2ccc3c(c2)OCCCO3)C1. The van der Waals surface area contributed by atoms with Crippen LogP contribution in [0.5, 0.6) is 11.5 Å². The lowest BCUT2D eigenvalue weighted by Crippen LogP contribution is -2.09. The first-order chi connectivity index (χ1) is 9.33. The average molecular weight is 262 g/mol. The van der Waals surface area contributed by atoms with E-state index in [0.29, 0.717) is 5.92 Å². The van der Waals surface area contributed by atoms with Crippen LogP contribution in [0.15, 0.2) is 18.2 Å². The highest BCUT2D eigenvalue weighted by Gasteiger charge is 2.21. The van der Waals surface area contributed by atoms with E-state index in [4.69, 9.17) is 9.47 Å². The van der Waals surface area contributed by atoms with Crippen LogP contribution in [0.1, 0.15) is 50.0 Å². The Hall–Kier alpha value is -1.22. The predicted octanol–water partition coefficient (Wildman–Crippen LogP) is 3.26. The molecule has 0 bridgehead atoms. The molecule has 0 amide bonds. The van der Waals surface area contributed by atoms with Gasteiger partial charge >= 0.3 is 0 Å². The summed E-state index contributed by atoms with van der Waals surface area (Å²) in [7, 11) is 0. The third-order valence-corrected chi connectivity index (χ3v) is 4.14. The van der Waals surface area contributed by atoms with E-state index in [1.165, 1.54) is 12.0 Å². The van der Waals surface area contributed by atoms with E-state index in [1.807, 2.05) is 6.07 Å². The van der Waals surface area contributed by atoms with Crippen molar-refractivity contribution in [3.63, 3.8) is 0 Å². The monoisotopic (exact) mass is 262 g/mol. The van der Waals surface area contributed by atoms with Crippen LogP contribution in [0.3, 0.4) is 0 Å². The van der Waals surface area contributed by atoms with Crippen LogP contribution in [-0.2, 0) is 0 Å². The fraction of sp³-hybridized carbons (Fsp3) is 0.625. The summed E-state index contributed by atoms with van der Waals surface area (Å²) in [5.74, 6) is 2.18. The lowest BCUT2D eigenvalue weighted by Gasteiger charge is -2.18. The maximum absolute atomic E-state index is 9.95. The number of aliphatic hydroxyl groups excluding tert-OH is 1. The average Bonchev–Trinajstić information content (AvgIpc) is 2.77. The fourth-order valence-electron chi connectivity index (χ4n) is 3.07. The molecule has 1 aliphatic heterocycles. The fourth-order valence-corrected chi connectivity index (χ4v) is 3.07.